The summed E-state index contributed by atoms with van der Waals surface area (Å²) in [4.78, 5) is 11.3. The molecule has 2 heteroatoms. The molecule has 2 rings (SSSR count). The van der Waals surface area contributed by atoms with E-state index in [2.05, 4.69) is 18.6 Å². The van der Waals surface area contributed by atoms with Crippen molar-refractivity contribution < 1.29 is 4.79 Å². The van der Waals surface area contributed by atoms with Crippen LogP contribution in [0.2, 0.25) is 0 Å². The molecule has 0 aliphatic carbocycles. The summed E-state index contributed by atoms with van der Waals surface area (Å²) in [6.07, 6.45) is 3.82. The second-order valence-electron chi connectivity index (χ2n) is 4.20. The van der Waals surface area contributed by atoms with E-state index in [-0.39, 0.29) is 5.91 Å². The zero-order valence-electron chi connectivity index (χ0n) is 10.2. The molecule has 18 heavy (non-hydrogen) atoms. The first-order chi connectivity index (χ1) is 8.77. The van der Waals surface area contributed by atoms with Crippen LogP contribution >= 0.6 is 0 Å². The van der Waals surface area contributed by atoms with Crippen molar-refractivity contribution >= 4 is 5.91 Å². The van der Waals surface area contributed by atoms with Gasteiger partial charge in [0.05, 0.1) is 0 Å². The van der Waals surface area contributed by atoms with Crippen LogP contribution < -0.4 is 5.73 Å². The first kappa shape index (κ1) is 12.4. The minimum Gasteiger partial charge on any atom is -0.366 e. The molecular formula is C16H16NO. The van der Waals surface area contributed by atoms with Crippen LogP contribution in [0.4, 0.5) is 0 Å². The van der Waals surface area contributed by atoms with Crippen molar-refractivity contribution in [3.05, 3.63) is 77.7 Å². The Balaban J connectivity index is 1.97. The summed E-state index contributed by atoms with van der Waals surface area (Å²) in [5.74, 6) is -0.362. The molecule has 0 fully saturated rings. The maximum Gasteiger partial charge on any atom is 0.248 e. The molecule has 0 bridgehead atoms. The number of carbonyl (C=O) groups excluding carboxylic acids is 1. The summed E-state index contributed by atoms with van der Waals surface area (Å²) in [5.41, 5.74) is 8.22. The fourth-order valence-electron chi connectivity index (χ4n) is 1.95. The molecule has 1 amide bonds. The van der Waals surface area contributed by atoms with Gasteiger partial charge in [-0.3, -0.25) is 4.79 Å². The van der Waals surface area contributed by atoms with Crippen molar-refractivity contribution in [2.75, 3.05) is 0 Å². The van der Waals surface area contributed by atoms with Crippen LogP contribution in [-0.4, -0.2) is 5.91 Å². The van der Waals surface area contributed by atoms with Gasteiger partial charge in [-0.1, -0.05) is 48.5 Å². The molecule has 0 unspecified atom stereocenters. The highest BCUT2D eigenvalue weighted by Gasteiger charge is 2.06. The van der Waals surface area contributed by atoms with Crippen molar-refractivity contribution in [1.29, 1.82) is 0 Å². The van der Waals surface area contributed by atoms with E-state index < -0.39 is 0 Å². The predicted molar refractivity (Wildman–Crippen MR) is 73.1 cm³/mol. The average Bonchev–Trinajstić information content (AvgIpc) is 2.40. The third-order valence-electron chi connectivity index (χ3n) is 2.87. The number of amides is 1. The van der Waals surface area contributed by atoms with Gasteiger partial charge in [0.2, 0.25) is 5.91 Å². The molecule has 0 aliphatic heterocycles. The van der Waals surface area contributed by atoms with Crippen LogP contribution in [0.25, 0.3) is 0 Å². The molecule has 91 valence electrons. The lowest BCUT2D eigenvalue weighted by Gasteiger charge is -2.06. The maximum atomic E-state index is 11.3. The summed E-state index contributed by atoms with van der Waals surface area (Å²) in [7, 11) is 0. The first-order valence-corrected chi connectivity index (χ1v) is 6.00. The SMILES string of the molecule is NC(=O)c1ccccc1C[CH]Cc1ccccc1. The molecule has 2 N–H and O–H groups in total. The third kappa shape index (κ3) is 3.20. The monoisotopic (exact) mass is 238 g/mol. The molecule has 0 aromatic heterocycles. The van der Waals surface area contributed by atoms with Crippen molar-refractivity contribution in [1.82, 2.24) is 0 Å². The third-order valence-corrected chi connectivity index (χ3v) is 2.87. The molecular weight excluding hydrogens is 222 g/mol. The van der Waals surface area contributed by atoms with Gasteiger partial charge in [-0.25, -0.2) is 0 Å². The number of nitrogens with two attached hydrogens (primary N) is 1. The average molecular weight is 238 g/mol. The lowest BCUT2D eigenvalue weighted by molar-refractivity contribution is 0.0999. The van der Waals surface area contributed by atoms with Gasteiger partial charge in [0, 0.05) is 5.56 Å². The molecule has 2 aromatic carbocycles. The van der Waals surface area contributed by atoms with Gasteiger partial charge in [0.25, 0.3) is 0 Å². The smallest absolute Gasteiger partial charge is 0.248 e. The Bertz CT molecular complexity index is 520. The highest BCUT2D eigenvalue weighted by atomic mass is 16.1. The van der Waals surface area contributed by atoms with Gasteiger partial charge < -0.3 is 5.73 Å². The van der Waals surface area contributed by atoms with Crippen molar-refractivity contribution in [2.45, 2.75) is 12.8 Å². The number of benzene rings is 2. The summed E-state index contributed by atoms with van der Waals surface area (Å²) in [6, 6.07) is 17.7. The van der Waals surface area contributed by atoms with Gasteiger partial charge in [0.15, 0.2) is 0 Å². The normalized spacial score (nSPS) is 10.2. The largest absolute Gasteiger partial charge is 0.366 e. The van der Waals surface area contributed by atoms with Crippen LogP contribution in [0, 0.1) is 6.42 Å². The van der Waals surface area contributed by atoms with Crippen molar-refractivity contribution in [2.24, 2.45) is 5.73 Å². The minimum absolute atomic E-state index is 0.362. The number of hydrogen-bond donors (Lipinski definition) is 1. The maximum absolute atomic E-state index is 11.3. The Kier molecular flexibility index (Phi) is 4.13. The Morgan fingerprint density at radius 3 is 2.33 bits per heavy atom. The van der Waals surface area contributed by atoms with Crippen LogP contribution in [0.5, 0.6) is 0 Å². The lowest BCUT2D eigenvalue weighted by atomic mass is 9.99. The van der Waals surface area contributed by atoms with Gasteiger partial charge in [0.1, 0.15) is 0 Å². The Labute approximate surface area is 107 Å². The molecule has 0 aliphatic rings. The number of primary amides is 1. The fourth-order valence-corrected chi connectivity index (χ4v) is 1.95. The Morgan fingerprint density at radius 2 is 1.61 bits per heavy atom. The van der Waals surface area contributed by atoms with Crippen molar-refractivity contribution in [3.8, 4) is 0 Å². The predicted octanol–water partition coefficient (Wildman–Crippen LogP) is 2.77. The second-order valence-corrected chi connectivity index (χ2v) is 4.20. The fraction of sp³-hybridized carbons (Fsp3) is 0.125. The minimum atomic E-state index is -0.362. The summed E-state index contributed by atoms with van der Waals surface area (Å²) >= 11 is 0. The molecule has 0 heterocycles. The Morgan fingerprint density at radius 1 is 0.944 bits per heavy atom. The van der Waals surface area contributed by atoms with E-state index >= 15 is 0 Å². The highest BCUT2D eigenvalue weighted by molar-refractivity contribution is 5.94. The number of hydrogen-bond acceptors (Lipinski definition) is 1. The highest BCUT2D eigenvalue weighted by Crippen LogP contribution is 2.12. The van der Waals surface area contributed by atoms with E-state index in [4.69, 9.17) is 5.73 Å². The van der Waals surface area contributed by atoms with Crippen LogP contribution in [-0.2, 0) is 12.8 Å². The first-order valence-electron chi connectivity index (χ1n) is 6.00. The van der Waals surface area contributed by atoms with E-state index in [1.807, 2.05) is 36.4 Å². The number of carbonyl (C=O) groups is 1. The quantitative estimate of drug-likeness (QED) is 0.855. The zero-order chi connectivity index (χ0) is 12.8. The van der Waals surface area contributed by atoms with Crippen LogP contribution in [0.3, 0.4) is 0 Å². The molecule has 0 saturated heterocycles. The number of rotatable bonds is 5. The van der Waals surface area contributed by atoms with Crippen LogP contribution in [0.1, 0.15) is 21.5 Å². The zero-order valence-corrected chi connectivity index (χ0v) is 10.2. The molecule has 2 nitrogen and oxygen atoms in total. The van der Waals surface area contributed by atoms with Gasteiger partial charge in [-0.15, -0.1) is 0 Å². The Hall–Kier alpha value is -2.09. The standard InChI is InChI=1S/C16H16NO/c17-16(18)15-12-5-4-10-14(15)11-6-9-13-7-2-1-3-8-13/h1-8,10,12H,9,11H2,(H2,17,18). The van der Waals surface area contributed by atoms with E-state index in [1.165, 1.54) is 5.56 Å². The second kappa shape index (κ2) is 6.01. The molecule has 1 radical (unpaired) electrons. The van der Waals surface area contributed by atoms with E-state index in [0.29, 0.717) is 5.56 Å². The van der Waals surface area contributed by atoms with Crippen molar-refractivity contribution in [3.63, 3.8) is 0 Å². The lowest BCUT2D eigenvalue weighted by Crippen LogP contribution is -2.13. The molecule has 0 spiro atoms. The van der Waals surface area contributed by atoms with Gasteiger partial charge in [-0.05, 0) is 36.5 Å². The topological polar surface area (TPSA) is 43.1 Å². The van der Waals surface area contributed by atoms with Gasteiger partial charge >= 0.3 is 0 Å². The van der Waals surface area contributed by atoms with E-state index in [0.717, 1.165) is 18.4 Å². The summed E-state index contributed by atoms with van der Waals surface area (Å²) < 4.78 is 0. The summed E-state index contributed by atoms with van der Waals surface area (Å²) in [5, 5.41) is 0. The van der Waals surface area contributed by atoms with Gasteiger partial charge in [-0.2, -0.15) is 0 Å². The molecule has 2 aromatic rings. The van der Waals surface area contributed by atoms with Crippen LogP contribution in [0.15, 0.2) is 54.6 Å². The molecule has 0 saturated carbocycles. The van der Waals surface area contributed by atoms with E-state index in [1.54, 1.807) is 6.07 Å². The summed E-state index contributed by atoms with van der Waals surface area (Å²) in [6.45, 7) is 0. The van der Waals surface area contributed by atoms with E-state index in [9.17, 15) is 4.79 Å². The molecule has 0 atom stereocenters.